The maximum absolute atomic E-state index is 12.2. The molecule has 6 rings (SSSR count). The maximum atomic E-state index is 12.2. The number of carbonyl (C=O) groups is 2. The number of esters is 1. The lowest BCUT2D eigenvalue weighted by Gasteiger charge is -2.40. The van der Waals surface area contributed by atoms with Crippen LogP contribution in [0.15, 0.2) is 0 Å². The van der Waals surface area contributed by atoms with Crippen molar-refractivity contribution in [3.8, 4) is 0 Å². The van der Waals surface area contributed by atoms with Crippen molar-refractivity contribution in [3.05, 3.63) is 0 Å². The minimum atomic E-state index is -0.539. The van der Waals surface area contributed by atoms with E-state index in [1.165, 1.54) is 51.4 Å². The van der Waals surface area contributed by atoms with Crippen molar-refractivity contribution in [1.29, 1.82) is 0 Å². The molecule has 6 aliphatic rings. The highest BCUT2D eigenvalue weighted by atomic mass is 16.5. The molecular formula is C33H54O4. The van der Waals surface area contributed by atoms with Crippen molar-refractivity contribution in [2.45, 2.75) is 106 Å². The van der Waals surface area contributed by atoms with Crippen LogP contribution in [-0.4, -0.2) is 24.2 Å². The Morgan fingerprint density at radius 3 is 1.59 bits per heavy atom. The number of methoxy groups -OCH3 is 1. The lowest BCUT2D eigenvalue weighted by atomic mass is 9.63. The third kappa shape index (κ3) is 4.03. The van der Waals surface area contributed by atoms with Crippen molar-refractivity contribution >= 4 is 11.9 Å². The van der Waals surface area contributed by atoms with E-state index in [2.05, 4.69) is 34.6 Å². The molecule has 0 radical (unpaired) electrons. The van der Waals surface area contributed by atoms with E-state index in [-0.39, 0.29) is 11.4 Å². The van der Waals surface area contributed by atoms with Gasteiger partial charge in [0, 0.05) is 0 Å². The fourth-order valence-electron chi connectivity index (χ4n) is 12.3. The molecule has 4 bridgehead atoms. The fourth-order valence-corrected chi connectivity index (χ4v) is 12.3. The van der Waals surface area contributed by atoms with Gasteiger partial charge in [-0.2, -0.15) is 0 Å². The lowest BCUT2D eigenvalue weighted by Crippen LogP contribution is -2.42. The zero-order valence-corrected chi connectivity index (χ0v) is 24.7. The summed E-state index contributed by atoms with van der Waals surface area (Å²) in [5.41, 5.74) is -0.599. The normalized spacial score (nSPS) is 52.5. The van der Waals surface area contributed by atoms with Crippen molar-refractivity contribution in [3.63, 3.8) is 0 Å². The first-order valence-electron chi connectivity index (χ1n) is 15.8. The summed E-state index contributed by atoms with van der Waals surface area (Å²) in [4.78, 5) is 23.9. The minimum absolute atomic E-state index is 0.0493. The number of rotatable bonds is 6. The van der Waals surface area contributed by atoms with Crippen molar-refractivity contribution in [1.82, 2.24) is 0 Å². The van der Waals surface area contributed by atoms with Crippen LogP contribution in [0.2, 0.25) is 0 Å². The van der Waals surface area contributed by atoms with E-state index in [1.807, 2.05) is 6.92 Å². The van der Waals surface area contributed by atoms with E-state index in [0.29, 0.717) is 17.8 Å². The third-order valence-electron chi connectivity index (χ3n) is 13.2. The van der Waals surface area contributed by atoms with E-state index < -0.39 is 11.4 Å². The van der Waals surface area contributed by atoms with Gasteiger partial charge in [-0.1, -0.05) is 53.4 Å². The average Bonchev–Trinajstić information content (AvgIpc) is 3.66. The Morgan fingerprint density at radius 2 is 1.19 bits per heavy atom. The van der Waals surface area contributed by atoms with E-state index in [1.54, 1.807) is 7.11 Å². The number of carboxylic acids is 1. The van der Waals surface area contributed by atoms with Gasteiger partial charge in [0.2, 0.25) is 0 Å². The van der Waals surface area contributed by atoms with Gasteiger partial charge in [-0.3, -0.25) is 9.59 Å². The number of carbonyl (C=O) groups excluding carboxylic acids is 1. The van der Waals surface area contributed by atoms with Crippen LogP contribution < -0.4 is 0 Å². The van der Waals surface area contributed by atoms with Crippen LogP contribution in [0.25, 0.3) is 0 Å². The Balaban J connectivity index is 0.000000152. The smallest absolute Gasteiger partial charge is 0.311 e. The summed E-state index contributed by atoms with van der Waals surface area (Å²) in [6.45, 7) is 13.6. The summed E-state index contributed by atoms with van der Waals surface area (Å²) in [6.07, 6.45) is 12.4. The van der Waals surface area contributed by atoms with E-state index >= 15 is 0 Å². The Labute approximate surface area is 226 Å². The highest BCUT2D eigenvalue weighted by molar-refractivity contribution is 5.77. The molecule has 14 atom stereocenters. The molecule has 0 spiro atoms. The number of hydrogen-bond donors (Lipinski definition) is 1. The Hall–Kier alpha value is -1.06. The van der Waals surface area contributed by atoms with Gasteiger partial charge in [-0.05, 0) is 123 Å². The molecule has 6 aliphatic carbocycles. The number of aliphatic carboxylic acids is 1. The molecule has 210 valence electrons. The molecule has 0 amide bonds. The van der Waals surface area contributed by atoms with Gasteiger partial charge in [0.15, 0.2) is 0 Å². The number of carboxylic acid groups (broad SMARTS) is 1. The van der Waals surface area contributed by atoms with Crippen LogP contribution in [0.1, 0.15) is 106 Å². The first-order valence-corrected chi connectivity index (χ1v) is 15.8. The first kappa shape index (κ1) is 27.5. The molecule has 6 fully saturated rings. The minimum Gasteiger partial charge on any atom is -0.481 e. The molecule has 4 nitrogen and oxygen atoms in total. The zero-order valence-electron chi connectivity index (χ0n) is 24.7. The second kappa shape index (κ2) is 9.84. The molecule has 0 aromatic heterocycles. The standard InChI is InChI=1S/C17H28O2.C16H26O2/c1-5-6-11-7-10(2)14-12-8-13(15(11)14)17(3,9-12)16(18)19-4;1-4-5-10-6-9(2)13-11-7-12(14(10)13)16(3,8-11)15(17)18/h10-15H,5-9H2,1-4H3;9-14H,4-8H2,1-3H3,(H,17,18). The van der Waals surface area contributed by atoms with Crippen LogP contribution >= 0.6 is 0 Å². The second-order valence-corrected chi connectivity index (χ2v) is 15.1. The molecule has 0 aliphatic heterocycles. The number of hydrogen-bond acceptors (Lipinski definition) is 3. The zero-order chi connectivity index (χ0) is 26.9. The molecule has 0 heterocycles. The molecule has 0 aromatic carbocycles. The predicted octanol–water partition coefficient (Wildman–Crippen LogP) is 7.70. The van der Waals surface area contributed by atoms with Crippen molar-refractivity contribution in [2.24, 2.45) is 81.8 Å². The Kier molecular flexibility index (Phi) is 7.32. The summed E-state index contributed by atoms with van der Waals surface area (Å²) < 4.78 is 5.12. The fraction of sp³-hybridized carbons (Fsp3) is 0.939. The van der Waals surface area contributed by atoms with Gasteiger partial charge in [-0.15, -0.1) is 0 Å². The molecule has 0 aromatic rings. The van der Waals surface area contributed by atoms with Crippen LogP contribution in [-0.2, 0) is 14.3 Å². The quantitative estimate of drug-likeness (QED) is 0.369. The average molecular weight is 515 g/mol. The monoisotopic (exact) mass is 514 g/mol. The maximum Gasteiger partial charge on any atom is 0.311 e. The molecule has 37 heavy (non-hydrogen) atoms. The summed E-state index contributed by atoms with van der Waals surface area (Å²) in [6, 6.07) is 0. The lowest BCUT2D eigenvalue weighted by molar-refractivity contribution is -0.157. The van der Waals surface area contributed by atoms with E-state index in [9.17, 15) is 14.7 Å². The van der Waals surface area contributed by atoms with Gasteiger partial charge < -0.3 is 9.84 Å². The Bertz CT molecular complexity index is 884. The molecule has 0 saturated heterocycles. The van der Waals surface area contributed by atoms with Crippen molar-refractivity contribution < 1.29 is 19.4 Å². The second-order valence-electron chi connectivity index (χ2n) is 15.1. The van der Waals surface area contributed by atoms with Gasteiger partial charge in [-0.25, -0.2) is 0 Å². The third-order valence-corrected chi connectivity index (χ3v) is 13.2. The summed E-state index contributed by atoms with van der Waals surface area (Å²) >= 11 is 0. The summed E-state index contributed by atoms with van der Waals surface area (Å²) in [5.74, 6) is 8.72. The SMILES string of the molecule is CCCC1CC(C)C2C3CC(C12)C(C)(C(=O)O)C3.CCCC1CC(C)C2C3CC(C12)C(C)(C(=O)OC)C3. The molecule has 6 saturated carbocycles. The van der Waals surface area contributed by atoms with E-state index in [4.69, 9.17) is 4.74 Å². The number of fused-ring (bicyclic) bond motifs is 10. The highest BCUT2D eigenvalue weighted by Crippen LogP contribution is 2.70. The first-order chi connectivity index (χ1) is 17.5. The van der Waals surface area contributed by atoms with Gasteiger partial charge in [0.05, 0.1) is 17.9 Å². The van der Waals surface area contributed by atoms with E-state index in [0.717, 1.165) is 66.1 Å². The molecule has 14 unspecified atom stereocenters. The molecular weight excluding hydrogens is 460 g/mol. The number of ether oxygens (including phenoxy) is 1. The van der Waals surface area contributed by atoms with Crippen LogP contribution in [0.5, 0.6) is 0 Å². The predicted molar refractivity (Wildman–Crippen MR) is 147 cm³/mol. The highest BCUT2D eigenvalue weighted by Gasteiger charge is 2.66. The van der Waals surface area contributed by atoms with Gasteiger partial charge in [0.1, 0.15) is 0 Å². The van der Waals surface area contributed by atoms with Crippen LogP contribution in [0.4, 0.5) is 0 Å². The van der Waals surface area contributed by atoms with Crippen molar-refractivity contribution in [2.75, 3.05) is 7.11 Å². The topological polar surface area (TPSA) is 63.6 Å². The molecule has 4 heteroatoms. The molecule has 1 N–H and O–H groups in total. The van der Waals surface area contributed by atoms with Gasteiger partial charge in [0.25, 0.3) is 0 Å². The van der Waals surface area contributed by atoms with Crippen LogP contribution in [0.3, 0.4) is 0 Å². The largest absolute Gasteiger partial charge is 0.481 e. The summed E-state index contributed by atoms with van der Waals surface area (Å²) in [5, 5.41) is 9.60. The van der Waals surface area contributed by atoms with Gasteiger partial charge >= 0.3 is 11.9 Å². The summed E-state index contributed by atoms with van der Waals surface area (Å²) in [7, 11) is 1.55. The Morgan fingerprint density at radius 1 is 0.757 bits per heavy atom. The van der Waals surface area contributed by atoms with Crippen LogP contribution in [0, 0.1) is 81.8 Å².